The van der Waals surface area contributed by atoms with Gasteiger partial charge >= 0.3 is 0 Å². The fourth-order valence-electron chi connectivity index (χ4n) is 2.80. The van der Waals surface area contributed by atoms with Gasteiger partial charge in [-0.15, -0.1) is 0 Å². The molecule has 1 aromatic carbocycles. The van der Waals surface area contributed by atoms with E-state index in [0.717, 1.165) is 36.1 Å². The lowest BCUT2D eigenvalue weighted by atomic mass is 9.76. The standard InChI is InChI=1S/C15H19N3O/c1-19-15(8-5-9-15)10-12-13(14(16)18-17-12)11-6-3-2-4-7-11/h2-4,6-7H,5,8-10H2,1H3,(H3,16,17,18). The normalized spacial score (nSPS) is 17.1. The van der Waals surface area contributed by atoms with E-state index >= 15 is 0 Å². The molecule has 3 rings (SSSR count). The number of aromatic amines is 1. The lowest BCUT2D eigenvalue weighted by molar-refractivity contribution is -0.0713. The number of hydrogen-bond acceptors (Lipinski definition) is 3. The molecule has 0 bridgehead atoms. The van der Waals surface area contributed by atoms with E-state index in [0.29, 0.717) is 5.82 Å². The Bertz CT molecular complexity index is 553. The van der Waals surface area contributed by atoms with Crippen LogP contribution >= 0.6 is 0 Å². The molecule has 3 N–H and O–H groups in total. The fourth-order valence-corrected chi connectivity index (χ4v) is 2.80. The predicted octanol–water partition coefficient (Wildman–Crippen LogP) is 2.77. The van der Waals surface area contributed by atoms with Crippen LogP contribution in [-0.2, 0) is 11.2 Å². The summed E-state index contributed by atoms with van der Waals surface area (Å²) in [6.07, 6.45) is 4.30. The number of nitrogens with two attached hydrogens (primary N) is 1. The van der Waals surface area contributed by atoms with Crippen LogP contribution in [-0.4, -0.2) is 22.9 Å². The summed E-state index contributed by atoms with van der Waals surface area (Å²) in [5.74, 6) is 0.562. The number of benzene rings is 1. The van der Waals surface area contributed by atoms with Crippen LogP contribution < -0.4 is 5.73 Å². The third-order valence-electron chi connectivity index (χ3n) is 4.13. The van der Waals surface area contributed by atoms with Crippen LogP contribution in [0.2, 0.25) is 0 Å². The summed E-state index contributed by atoms with van der Waals surface area (Å²) < 4.78 is 5.69. The van der Waals surface area contributed by atoms with E-state index in [1.807, 2.05) is 18.2 Å². The summed E-state index contributed by atoms with van der Waals surface area (Å²) >= 11 is 0. The van der Waals surface area contributed by atoms with Gasteiger partial charge in [-0.3, -0.25) is 5.10 Å². The summed E-state index contributed by atoms with van der Waals surface area (Å²) in [4.78, 5) is 0. The summed E-state index contributed by atoms with van der Waals surface area (Å²) in [5, 5.41) is 7.24. The van der Waals surface area contributed by atoms with E-state index in [2.05, 4.69) is 22.3 Å². The minimum absolute atomic E-state index is 0.0253. The molecule has 1 heterocycles. The number of H-pyrrole nitrogens is 1. The van der Waals surface area contributed by atoms with Gasteiger partial charge in [0.15, 0.2) is 5.82 Å². The average molecular weight is 257 g/mol. The number of hydrogen-bond donors (Lipinski definition) is 2. The fraction of sp³-hybridized carbons (Fsp3) is 0.400. The van der Waals surface area contributed by atoms with Gasteiger partial charge in [-0.2, -0.15) is 5.10 Å². The maximum atomic E-state index is 6.01. The van der Waals surface area contributed by atoms with Crippen molar-refractivity contribution in [1.82, 2.24) is 10.2 Å². The number of nitrogens with one attached hydrogen (secondary N) is 1. The Morgan fingerprint density at radius 2 is 2.05 bits per heavy atom. The Labute approximate surface area is 113 Å². The van der Waals surface area contributed by atoms with Gasteiger partial charge in [0.25, 0.3) is 0 Å². The van der Waals surface area contributed by atoms with Gasteiger partial charge in [0.05, 0.1) is 5.60 Å². The summed E-state index contributed by atoms with van der Waals surface area (Å²) in [6.45, 7) is 0. The quantitative estimate of drug-likeness (QED) is 0.885. The SMILES string of the molecule is COC1(Cc2[nH]nc(N)c2-c2ccccc2)CCC1. The largest absolute Gasteiger partial charge is 0.382 e. The smallest absolute Gasteiger partial charge is 0.153 e. The first-order valence-corrected chi connectivity index (χ1v) is 6.67. The molecular weight excluding hydrogens is 238 g/mol. The molecule has 1 aromatic heterocycles. The van der Waals surface area contributed by atoms with Crippen LogP contribution in [0.25, 0.3) is 11.1 Å². The molecule has 0 saturated heterocycles. The van der Waals surface area contributed by atoms with Gasteiger partial charge in [-0.05, 0) is 24.8 Å². The van der Waals surface area contributed by atoms with Crippen molar-refractivity contribution in [3.8, 4) is 11.1 Å². The number of ether oxygens (including phenoxy) is 1. The highest BCUT2D eigenvalue weighted by Crippen LogP contribution is 2.40. The van der Waals surface area contributed by atoms with E-state index < -0.39 is 0 Å². The van der Waals surface area contributed by atoms with E-state index in [4.69, 9.17) is 10.5 Å². The highest BCUT2D eigenvalue weighted by atomic mass is 16.5. The molecule has 19 heavy (non-hydrogen) atoms. The number of aromatic nitrogens is 2. The van der Waals surface area contributed by atoms with Crippen molar-refractivity contribution in [2.24, 2.45) is 0 Å². The monoisotopic (exact) mass is 257 g/mol. The van der Waals surface area contributed by atoms with Crippen molar-refractivity contribution < 1.29 is 4.74 Å². The van der Waals surface area contributed by atoms with Crippen molar-refractivity contribution >= 4 is 5.82 Å². The van der Waals surface area contributed by atoms with Crippen LogP contribution in [0.4, 0.5) is 5.82 Å². The van der Waals surface area contributed by atoms with Crippen molar-refractivity contribution in [2.45, 2.75) is 31.3 Å². The van der Waals surface area contributed by atoms with Crippen LogP contribution in [0.15, 0.2) is 30.3 Å². The summed E-state index contributed by atoms with van der Waals surface area (Å²) in [7, 11) is 1.79. The van der Waals surface area contributed by atoms with Gasteiger partial charge in [0.1, 0.15) is 0 Å². The number of nitrogens with zero attached hydrogens (tertiary/aromatic N) is 1. The molecule has 1 fully saturated rings. The lowest BCUT2D eigenvalue weighted by Gasteiger charge is -2.40. The average Bonchev–Trinajstić information content (AvgIpc) is 2.76. The molecule has 0 atom stereocenters. The highest BCUT2D eigenvalue weighted by molar-refractivity contribution is 5.76. The predicted molar refractivity (Wildman–Crippen MR) is 75.7 cm³/mol. The minimum Gasteiger partial charge on any atom is -0.382 e. The molecule has 1 saturated carbocycles. The van der Waals surface area contributed by atoms with Gasteiger partial charge < -0.3 is 10.5 Å². The zero-order valence-electron chi connectivity index (χ0n) is 11.1. The van der Waals surface area contributed by atoms with Crippen molar-refractivity contribution in [3.63, 3.8) is 0 Å². The zero-order valence-corrected chi connectivity index (χ0v) is 11.1. The Hall–Kier alpha value is -1.81. The molecule has 1 aliphatic carbocycles. The third-order valence-corrected chi connectivity index (χ3v) is 4.13. The highest BCUT2D eigenvalue weighted by Gasteiger charge is 2.38. The van der Waals surface area contributed by atoms with Gasteiger partial charge in [-0.25, -0.2) is 0 Å². The Morgan fingerprint density at radius 3 is 2.63 bits per heavy atom. The second-order valence-electron chi connectivity index (χ2n) is 5.25. The molecular formula is C15H19N3O. The minimum atomic E-state index is -0.0253. The number of rotatable bonds is 4. The Morgan fingerprint density at radius 1 is 1.32 bits per heavy atom. The zero-order chi connectivity index (χ0) is 13.3. The molecule has 0 radical (unpaired) electrons. The van der Waals surface area contributed by atoms with Crippen molar-refractivity contribution in [2.75, 3.05) is 12.8 Å². The van der Waals surface area contributed by atoms with E-state index in [1.54, 1.807) is 7.11 Å². The van der Waals surface area contributed by atoms with E-state index in [9.17, 15) is 0 Å². The molecule has 4 nitrogen and oxygen atoms in total. The number of anilines is 1. The van der Waals surface area contributed by atoms with E-state index in [1.165, 1.54) is 6.42 Å². The van der Waals surface area contributed by atoms with Crippen LogP contribution in [0.5, 0.6) is 0 Å². The summed E-state index contributed by atoms with van der Waals surface area (Å²) in [5.41, 5.74) is 9.18. The van der Waals surface area contributed by atoms with Crippen LogP contribution in [0.3, 0.4) is 0 Å². The number of methoxy groups -OCH3 is 1. The van der Waals surface area contributed by atoms with Crippen molar-refractivity contribution in [3.05, 3.63) is 36.0 Å². The molecule has 100 valence electrons. The second kappa shape index (κ2) is 4.70. The first-order chi connectivity index (χ1) is 9.24. The maximum Gasteiger partial charge on any atom is 0.153 e. The second-order valence-corrected chi connectivity index (χ2v) is 5.25. The van der Waals surface area contributed by atoms with Gasteiger partial charge in [-0.1, -0.05) is 30.3 Å². The molecule has 0 amide bonds. The molecule has 1 aliphatic rings. The topological polar surface area (TPSA) is 63.9 Å². The molecule has 0 spiro atoms. The Kier molecular flexibility index (Phi) is 3.03. The lowest BCUT2D eigenvalue weighted by Crippen LogP contribution is -2.41. The Balaban J connectivity index is 1.95. The van der Waals surface area contributed by atoms with Crippen LogP contribution in [0.1, 0.15) is 25.0 Å². The third kappa shape index (κ3) is 2.12. The number of nitrogen functional groups attached to an aromatic ring is 1. The van der Waals surface area contributed by atoms with Gasteiger partial charge in [0.2, 0.25) is 0 Å². The molecule has 2 aromatic rings. The first kappa shape index (κ1) is 12.2. The first-order valence-electron chi connectivity index (χ1n) is 6.67. The maximum absolute atomic E-state index is 6.01. The molecule has 4 heteroatoms. The van der Waals surface area contributed by atoms with E-state index in [-0.39, 0.29) is 5.60 Å². The van der Waals surface area contributed by atoms with Crippen LogP contribution in [0, 0.1) is 0 Å². The summed E-state index contributed by atoms with van der Waals surface area (Å²) in [6, 6.07) is 10.2. The molecule has 0 unspecified atom stereocenters. The van der Waals surface area contributed by atoms with Crippen molar-refractivity contribution in [1.29, 1.82) is 0 Å². The molecule has 0 aliphatic heterocycles. The van der Waals surface area contributed by atoms with Gasteiger partial charge in [0, 0.05) is 24.8 Å².